The summed E-state index contributed by atoms with van der Waals surface area (Å²) in [4.78, 5) is 16.2. The number of thiophene rings is 1. The Labute approximate surface area is 119 Å². The average molecular weight is 284 g/mol. The summed E-state index contributed by atoms with van der Waals surface area (Å²) in [6, 6.07) is 5.99. The number of pyridine rings is 1. The SMILES string of the molecule is C[C@H]1CNC(=O)c2cc(-c3ccnc4ccsc34)nn21. The predicted octanol–water partition coefficient (Wildman–Crippen LogP) is 2.46. The fraction of sp³-hybridized carbons (Fsp3) is 0.214. The molecule has 0 spiro atoms. The smallest absolute Gasteiger partial charge is 0.269 e. The lowest BCUT2D eigenvalue weighted by Crippen LogP contribution is -2.38. The van der Waals surface area contributed by atoms with Gasteiger partial charge in [-0.05, 0) is 30.5 Å². The fourth-order valence-corrected chi connectivity index (χ4v) is 3.40. The zero-order valence-corrected chi connectivity index (χ0v) is 11.6. The van der Waals surface area contributed by atoms with Gasteiger partial charge in [0.05, 0.1) is 22.0 Å². The van der Waals surface area contributed by atoms with Gasteiger partial charge in [0.15, 0.2) is 0 Å². The van der Waals surface area contributed by atoms with E-state index in [1.165, 1.54) is 0 Å². The van der Waals surface area contributed by atoms with Gasteiger partial charge in [-0.3, -0.25) is 14.5 Å². The fourth-order valence-electron chi connectivity index (χ4n) is 2.52. The van der Waals surface area contributed by atoms with Crippen LogP contribution < -0.4 is 5.32 Å². The number of fused-ring (bicyclic) bond motifs is 2. The molecule has 0 saturated heterocycles. The zero-order valence-electron chi connectivity index (χ0n) is 10.8. The lowest BCUT2D eigenvalue weighted by atomic mass is 10.1. The molecule has 0 saturated carbocycles. The number of nitrogens with zero attached hydrogens (tertiary/aromatic N) is 3. The first-order valence-electron chi connectivity index (χ1n) is 6.44. The van der Waals surface area contributed by atoms with Crippen LogP contribution >= 0.6 is 11.3 Å². The topological polar surface area (TPSA) is 59.8 Å². The second kappa shape index (κ2) is 4.14. The van der Waals surface area contributed by atoms with Gasteiger partial charge < -0.3 is 5.32 Å². The van der Waals surface area contributed by atoms with Crippen LogP contribution in [0, 0.1) is 0 Å². The largest absolute Gasteiger partial charge is 0.349 e. The second-order valence-electron chi connectivity index (χ2n) is 4.91. The van der Waals surface area contributed by atoms with Gasteiger partial charge in [-0.2, -0.15) is 5.10 Å². The summed E-state index contributed by atoms with van der Waals surface area (Å²) in [7, 11) is 0. The van der Waals surface area contributed by atoms with E-state index in [0.717, 1.165) is 21.5 Å². The number of carbonyl (C=O) groups is 1. The van der Waals surface area contributed by atoms with Crippen molar-refractivity contribution in [1.82, 2.24) is 20.1 Å². The number of nitrogens with one attached hydrogen (secondary N) is 1. The Morgan fingerprint density at radius 1 is 1.45 bits per heavy atom. The van der Waals surface area contributed by atoms with Gasteiger partial charge in [0.25, 0.3) is 5.91 Å². The van der Waals surface area contributed by atoms with Crippen molar-refractivity contribution in [3.8, 4) is 11.3 Å². The van der Waals surface area contributed by atoms with Gasteiger partial charge >= 0.3 is 0 Å². The number of amides is 1. The summed E-state index contributed by atoms with van der Waals surface area (Å²) in [5.74, 6) is -0.0571. The minimum absolute atomic E-state index is 0.0571. The number of hydrogen-bond donors (Lipinski definition) is 1. The highest BCUT2D eigenvalue weighted by molar-refractivity contribution is 7.17. The molecule has 0 fully saturated rings. The van der Waals surface area contributed by atoms with Crippen molar-refractivity contribution in [2.45, 2.75) is 13.0 Å². The lowest BCUT2D eigenvalue weighted by Gasteiger charge is -2.20. The van der Waals surface area contributed by atoms with E-state index in [1.807, 2.05) is 35.2 Å². The molecule has 1 atom stereocenters. The maximum atomic E-state index is 11.9. The molecular weight excluding hydrogens is 272 g/mol. The normalized spacial score (nSPS) is 18.1. The van der Waals surface area contributed by atoms with Crippen molar-refractivity contribution in [2.24, 2.45) is 0 Å². The standard InChI is InChI=1S/C14H12N4OS/c1-8-7-16-14(19)12-6-11(17-18(8)12)9-2-4-15-10-3-5-20-13(9)10/h2-6,8H,7H2,1H3,(H,16,19)/t8-/m0/s1. The van der Waals surface area contributed by atoms with Crippen LogP contribution in [0.5, 0.6) is 0 Å². The molecule has 0 aliphatic carbocycles. The van der Waals surface area contributed by atoms with Crippen molar-refractivity contribution in [3.63, 3.8) is 0 Å². The first kappa shape index (κ1) is 11.6. The summed E-state index contributed by atoms with van der Waals surface area (Å²) in [6.07, 6.45) is 1.78. The van der Waals surface area contributed by atoms with Gasteiger partial charge in [0.1, 0.15) is 5.69 Å². The molecule has 20 heavy (non-hydrogen) atoms. The summed E-state index contributed by atoms with van der Waals surface area (Å²) >= 11 is 1.64. The Kier molecular flexibility index (Phi) is 2.40. The van der Waals surface area contributed by atoms with E-state index in [0.29, 0.717) is 12.2 Å². The maximum Gasteiger partial charge on any atom is 0.269 e. The number of hydrogen-bond acceptors (Lipinski definition) is 4. The summed E-state index contributed by atoms with van der Waals surface area (Å²) in [6.45, 7) is 2.67. The summed E-state index contributed by atoms with van der Waals surface area (Å²) in [5.41, 5.74) is 3.46. The quantitative estimate of drug-likeness (QED) is 0.746. The van der Waals surface area contributed by atoms with Gasteiger partial charge in [0, 0.05) is 18.3 Å². The minimum Gasteiger partial charge on any atom is -0.349 e. The van der Waals surface area contributed by atoms with E-state index in [2.05, 4.69) is 15.4 Å². The van der Waals surface area contributed by atoms with Crippen molar-refractivity contribution in [2.75, 3.05) is 6.54 Å². The van der Waals surface area contributed by atoms with E-state index in [9.17, 15) is 4.79 Å². The van der Waals surface area contributed by atoms with Crippen LogP contribution in [0.4, 0.5) is 0 Å². The minimum atomic E-state index is -0.0571. The number of rotatable bonds is 1. The Hall–Kier alpha value is -2.21. The van der Waals surface area contributed by atoms with E-state index in [4.69, 9.17) is 0 Å². The molecule has 1 N–H and O–H groups in total. The molecule has 4 heterocycles. The molecule has 1 aliphatic rings. The van der Waals surface area contributed by atoms with E-state index >= 15 is 0 Å². The summed E-state index contributed by atoms with van der Waals surface area (Å²) < 4.78 is 2.92. The third-order valence-corrected chi connectivity index (χ3v) is 4.50. The molecule has 0 radical (unpaired) electrons. The number of carbonyl (C=O) groups excluding carboxylic acids is 1. The Morgan fingerprint density at radius 3 is 3.20 bits per heavy atom. The highest BCUT2D eigenvalue weighted by Crippen LogP contribution is 2.31. The van der Waals surface area contributed by atoms with Crippen LogP contribution in [0.1, 0.15) is 23.5 Å². The molecular formula is C14H12N4OS. The third-order valence-electron chi connectivity index (χ3n) is 3.56. The number of aromatic nitrogens is 3. The van der Waals surface area contributed by atoms with Crippen LogP contribution in [-0.4, -0.2) is 27.2 Å². The van der Waals surface area contributed by atoms with E-state index < -0.39 is 0 Å². The van der Waals surface area contributed by atoms with Gasteiger partial charge in [-0.1, -0.05) is 0 Å². The first-order chi connectivity index (χ1) is 9.74. The molecule has 5 nitrogen and oxygen atoms in total. The van der Waals surface area contributed by atoms with Crippen molar-refractivity contribution in [1.29, 1.82) is 0 Å². The summed E-state index contributed by atoms with van der Waals surface area (Å²) in [5, 5.41) is 9.51. The lowest BCUT2D eigenvalue weighted by molar-refractivity contribution is 0.0912. The van der Waals surface area contributed by atoms with E-state index in [-0.39, 0.29) is 11.9 Å². The molecule has 0 aromatic carbocycles. The molecule has 0 unspecified atom stereocenters. The monoisotopic (exact) mass is 284 g/mol. The molecule has 4 rings (SSSR count). The average Bonchev–Trinajstić information content (AvgIpc) is 3.09. The Bertz CT molecular complexity index is 820. The maximum absolute atomic E-state index is 11.9. The van der Waals surface area contributed by atoms with Crippen LogP contribution in [-0.2, 0) is 0 Å². The third kappa shape index (κ3) is 1.58. The van der Waals surface area contributed by atoms with Gasteiger partial charge in [0.2, 0.25) is 0 Å². The Morgan fingerprint density at radius 2 is 2.35 bits per heavy atom. The molecule has 1 aliphatic heterocycles. The van der Waals surface area contributed by atoms with E-state index in [1.54, 1.807) is 17.5 Å². The molecule has 1 amide bonds. The molecule has 100 valence electrons. The van der Waals surface area contributed by atoms with Crippen molar-refractivity contribution >= 4 is 27.5 Å². The van der Waals surface area contributed by atoms with Crippen LogP contribution in [0.3, 0.4) is 0 Å². The second-order valence-corrected chi connectivity index (χ2v) is 5.83. The van der Waals surface area contributed by atoms with Crippen molar-refractivity contribution < 1.29 is 4.79 Å². The molecule has 3 aromatic heterocycles. The van der Waals surface area contributed by atoms with Crippen molar-refractivity contribution in [3.05, 3.63) is 35.5 Å². The van der Waals surface area contributed by atoms with Crippen LogP contribution in [0.25, 0.3) is 21.5 Å². The Balaban J connectivity index is 1.93. The van der Waals surface area contributed by atoms with Gasteiger partial charge in [-0.15, -0.1) is 11.3 Å². The van der Waals surface area contributed by atoms with Gasteiger partial charge in [-0.25, -0.2) is 0 Å². The highest BCUT2D eigenvalue weighted by atomic mass is 32.1. The van der Waals surface area contributed by atoms with Crippen LogP contribution in [0.2, 0.25) is 0 Å². The molecule has 6 heteroatoms. The molecule has 3 aromatic rings. The first-order valence-corrected chi connectivity index (χ1v) is 7.32. The predicted molar refractivity (Wildman–Crippen MR) is 77.9 cm³/mol. The highest BCUT2D eigenvalue weighted by Gasteiger charge is 2.25. The zero-order chi connectivity index (χ0) is 13.7. The molecule has 0 bridgehead atoms. The van der Waals surface area contributed by atoms with Crippen LogP contribution in [0.15, 0.2) is 29.8 Å².